The Labute approximate surface area is 175 Å². The number of aromatic nitrogens is 3. The smallest absolute Gasteiger partial charge is 0.410 e. The number of fused-ring (bicyclic) bond motifs is 1. The molecule has 7 heteroatoms. The van der Waals surface area contributed by atoms with Gasteiger partial charge in [0.15, 0.2) is 5.65 Å². The van der Waals surface area contributed by atoms with E-state index in [0.717, 1.165) is 41.0 Å². The molecule has 0 N–H and O–H groups in total. The van der Waals surface area contributed by atoms with Gasteiger partial charge in [-0.05, 0) is 64.3 Å². The van der Waals surface area contributed by atoms with Crippen LogP contribution in [0.5, 0.6) is 0 Å². The number of amides is 1. The summed E-state index contributed by atoms with van der Waals surface area (Å²) in [5, 5.41) is 4.74. The third kappa shape index (κ3) is 4.01. The Morgan fingerprint density at radius 2 is 1.93 bits per heavy atom. The molecular formula is C23H27FN4O2. The SMILES string of the molecule is Cc1nn2c([C@@H]3CCCN(C(=O)OC(C)(C)C)C3)ccnc2c1-c1ccc(F)cc1. The summed E-state index contributed by atoms with van der Waals surface area (Å²) in [7, 11) is 0. The normalized spacial score (nSPS) is 17.4. The highest BCUT2D eigenvalue weighted by Gasteiger charge is 2.30. The molecule has 6 nitrogen and oxygen atoms in total. The molecule has 0 radical (unpaired) electrons. The van der Waals surface area contributed by atoms with E-state index in [9.17, 15) is 9.18 Å². The fourth-order valence-corrected chi connectivity index (χ4v) is 4.04. The van der Waals surface area contributed by atoms with E-state index in [0.29, 0.717) is 13.1 Å². The van der Waals surface area contributed by atoms with Gasteiger partial charge in [-0.2, -0.15) is 5.10 Å². The van der Waals surface area contributed by atoms with E-state index in [-0.39, 0.29) is 17.8 Å². The molecule has 158 valence electrons. The molecule has 1 aliphatic rings. The quantitative estimate of drug-likeness (QED) is 0.599. The standard InChI is InChI=1S/C23H27FN4O2/c1-15-20(16-7-9-18(24)10-8-16)21-25-12-11-19(28(21)26-15)17-6-5-13-27(14-17)22(29)30-23(2,3)4/h7-12,17H,5-6,13-14H2,1-4H3/t17-/m1/s1. The summed E-state index contributed by atoms with van der Waals surface area (Å²) in [6, 6.07) is 8.36. The molecule has 1 aliphatic heterocycles. The Balaban J connectivity index is 1.67. The van der Waals surface area contributed by atoms with Crippen LogP contribution in [0.15, 0.2) is 36.5 Å². The van der Waals surface area contributed by atoms with Crippen LogP contribution in [0.2, 0.25) is 0 Å². The van der Waals surface area contributed by atoms with Gasteiger partial charge in [-0.3, -0.25) is 0 Å². The van der Waals surface area contributed by atoms with Crippen molar-refractivity contribution in [1.82, 2.24) is 19.5 Å². The molecule has 1 atom stereocenters. The zero-order valence-electron chi connectivity index (χ0n) is 17.9. The Hall–Kier alpha value is -2.96. The minimum absolute atomic E-state index is 0.136. The van der Waals surface area contributed by atoms with Crippen molar-refractivity contribution in [2.75, 3.05) is 13.1 Å². The molecule has 2 aromatic heterocycles. The first-order valence-electron chi connectivity index (χ1n) is 10.3. The minimum Gasteiger partial charge on any atom is -0.444 e. The second-order valence-electron chi connectivity index (χ2n) is 8.84. The van der Waals surface area contributed by atoms with Gasteiger partial charge in [0.25, 0.3) is 0 Å². The number of hydrogen-bond acceptors (Lipinski definition) is 4. The van der Waals surface area contributed by atoms with Crippen LogP contribution in [0.25, 0.3) is 16.8 Å². The predicted molar refractivity (Wildman–Crippen MR) is 113 cm³/mol. The zero-order valence-corrected chi connectivity index (χ0v) is 17.9. The number of rotatable bonds is 2. The first-order chi connectivity index (χ1) is 14.2. The van der Waals surface area contributed by atoms with Crippen LogP contribution in [0.3, 0.4) is 0 Å². The van der Waals surface area contributed by atoms with Crippen molar-refractivity contribution in [3.63, 3.8) is 0 Å². The molecule has 1 amide bonds. The third-order valence-corrected chi connectivity index (χ3v) is 5.35. The first kappa shape index (κ1) is 20.3. The highest BCUT2D eigenvalue weighted by molar-refractivity contribution is 5.79. The van der Waals surface area contributed by atoms with E-state index in [1.54, 1.807) is 23.2 Å². The lowest BCUT2D eigenvalue weighted by Gasteiger charge is -2.34. The van der Waals surface area contributed by atoms with Crippen LogP contribution < -0.4 is 0 Å². The summed E-state index contributed by atoms with van der Waals surface area (Å²) in [5.74, 6) is -0.136. The molecule has 1 aromatic carbocycles. The van der Waals surface area contributed by atoms with Gasteiger partial charge in [-0.25, -0.2) is 18.7 Å². The predicted octanol–water partition coefficient (Wildman–Crippen LogP) is 4.96. The number of benzene rings is 1. The molecule has 0 saturated carbocycles. The number of halogens is 1. The first-order valence-corrected chi connectivity index (χ1v) is 10.3. The molecular weight excluding hydrogens is 383 g/mol. The Bertz CT molecular complexity index is 1070. The van der Waals surface area contributed by atoms with E-state index in [1.165, 1.54) is 12.1 Å². The summed E-state index contributed by atoms with van der Waals surface area (Å²) in [6.07, 6.45) is 3.37. The zero-order chi connectivity index (χ0) is 21.5. The van der Waals surface area contributed by atoms with Gasteiger partial charge in [-0.15, -0.1) is 0 Å². The van der Waals surface area contributed by atoms with Gasteiger partial charge in [-0.1, -0.05) is 12.1 Å². The van der Waals surface area contributed by atoms with Crippen molar-refractivity contribution >= 4 is 11.7 Å². The second kappa shape index (κ2) is 7.70. The van der Waals surface area contributed by atoms with Gasteiger partial charge in [0, 0.05) is 30.8 Å². The Kier molecular flexibility index (Phi) is 5.22. The Morgan fingerprint density at radius 1 is 1.20 bits per heavy atom. The number of piperidine rings is 1. The number of hydrogen-bond donors (Lipinski definition) is 0. The number of carbonyl (C=O) groups is 1. The van der Waals surface area contributed by atoms with Crippen LogP contribution in [0, 0.1) is 12.7 Å². The van der Waals surface area contributed by atoms with Crippen LogP contribution in [-0.2, 0) is 4.74 Å². The third-order valence-electron chi connectivity index (χ3n) is 5.35. The van der Waals surface area contributed by atoms with E-state index >= 15 is 0 Å². The molecule has 0 unspecified atom stereocenters. The lowest BCUT2D eigenvalue weighted by atomic mass is 9.94. The van der Waals surface area contributed by atoms with Crippen LogP contribution >= 0.6 is 0 Å². The maximum absolute atomic E-state index is 13.4. The number of aryl methyl sites for hydroxylation is 1. The fraction of sp³-hybridized carbons (Fsp3) is 0.435. The van der Waals surface area contributed by atoms with Gasteiger partial charge in [0.2, 0.25) is 0 Å². The van der Waals surface area contributed by atoms with Gasteiger partial charge < -0.3 is 9.64 Å². The summed E-state index contributed by atoms with van der Waals surface area (Å²) in [6.45, 7) is 8.84. The van der Waals surface area contributed by atoms with Crippen molar-refractivity contribution in [2.24, 2.45) is 0 Å². The Morgan fingerprint density at radius 3 is 2.63 bits per heavy atom. The monoisotopic (exact) mass is 410 g/mol. The number of likely N-dealkylation sites (tertiary alicyclic amines) is 1. The van der Waals surface area contributed by atoms with Crippen molar-refractivity contribution in [3.8, 4) is 11.1 Å². The lowest BCUT2D eigenvalue weighted by Crippen LogP contribution is -2.42. The topological polar surface area (TPSA) is 59.7 Å². The number of nitrogens with zero attached hydrogens (tertiary/aromatic N) is 4. The molecule has 30 heavy (non-hydrogen) atoms. The molecule has 3 heterocycles. The summed E-state index contributed by atoms with van der Waals surface area (Å²) >= 11 is 0. The van der Waals surface area contributed by atoms with Crippen LogP contribution in [0.1, 0.15) is 50.9 Å². The number of carbonyl (C=O) groups excluding carboxylic acids is 1. The highest BCUT2D eigenvalue weighted by atomic mass is 19.1. The lowest BCUT2D eigenvalue weighted by molar-refractivity contribution is 0.0196. The van der Waals surface area contributed by atoms with Crippen LogP contribution in [-0.4, -0.2) is 44.3 Å². The molecule has 1 fully saturated rings. The van der Waals surface area contributed by atoms with Crippen molar-refractivity contribution in [1.29, 1.82) is 0 Å². The highest BCUT2D eigenvalue weighted by Crippen LogP contribution is 2.32. The van der Waals surface area contributed by atoms with Gasteiger partial charge in [0.1, 0.15) is 11.4 Å². The second-order valence-corrected chi connectivity index (χ2v) is 8.84. The van der Waals surface area contributed by atoms with Gasteiger partial charge >= 0.3 is 6.09 Å². The van der Waals surface area contributed by atoms with E-state index in [1.807, 2.05) is 38.3 Å². The summed E-state index contributed by atoms with van der Waals surface area (Å²) in [4.78, 5) is 18.9. The summed E-state index contributed by atoms with van der Waals surface area (Å²) in [5.41, 5.74) is 3.86. The molecule has 0 spiro atoms. The van der Waals surface area contributed by atoms with Crippen molar-refractivity contribution in [3.05, 3.63) is 53.7 Å². The van der Waals surface area contributed by atoms with Crippen molar-refractivity contribution < 1.29 is 13.9 Å². The van der Waals surface area contributed by atoms with E-state index in [4.69, 9.17) is 9.84 Å². The van der Waals surface area contributed by atoms with E-state index < -0.39 is 5.60 Å². The summed E-state index contributed by atoms with van der Waals surface area (Å²) < 4.78 is 20.8. The minimum atomic E-state index is -0.517. The molecule has 0 bridgehead atoms. The van der Waals surface area contributed by atoms with Gasteiger partial charge in [0.05, 0.1) is 11.4 Å². The molecule has 0 aliphatic carbocycles. The maximum atomic E-state index is 13.4. The molecule has 1 saturated heterocycles. The maximum Gasteiger partial charge on any atom is 0.410 e. The fourth-order valence-electron chi connectivity index (χ4n) is 4.04. The average molecular weight is 410 g/mol. The van der Waals surface area contributed by atoms with E-state index in [2.05, 4.69) is 4.98 Å². The molecule has 3 aromatic rings. The molecule has 4 rings (SSSR count). The van der Waals surface area contributed by atoms with Crippen LogP contribution in [0.4, 0.5) is 9.18 Å². The number of ether oxygens (including phenoxy) is 1. The van der Waals surface area contributed by atoms with Crippen molar-refractivity contribution in [2.45, 2.75) is 52.1 Å². The largest absolute Gasteiger partial charge is 0.444 e. The average Bonchev–Trinajstić information content (AvgIpc) is 3.03.